The molecule has 2 aromatic heterocycles. The van der Waals surface area contributed by atoms with Gasteiger partial charge in [-0.3, -0.25) is 9.59 Å². The van der Waals surface area contributed by atoms with E-state index in [1.807, 2.05) is 32.0 Å². The lowest BCUT2D eigenvalue weighted by atomic mass is 10.1. The fraction of sp³-hybridized carbons (Fsp3) is 0.333. The number of thiazole rings is 1. The second-order valence-electron chi connectivity index (χ2n) is 6.62. The average Bonchev–Trinajstić information content (AvgIpc) is 3.02. The number of carbonyl (C=O) groups is 1. The van der Waals surface area contributed by atoms with E-state index in [1.54, 1.807) is 17.4 Å². The van der Waals surface area contributed by atoms with Crippen LogP contribution in [0.3, 0.4) is 0 Å². The second-order valence-corrected chi connectivity index (χ2v) is 7.82. The van der Waals surface area contributed by atoms with Crippen LogP contribution in [0, 0.1) is 13.8 Å². The summed E-state index contributed by atoms with van der Waals surface area (Å²) in [4.78, 5) is 29.5. The van der Waals surface area contributed by atoms with Crippen molar-refractivity contribution in [1.29, 1.82) is 0 Å². The molecule has 0 spiro atoms. The monoisotopic (exact) mass is 396 g/mol. The summed E-state index contributed by atoms with van der Waals surface area (Å²) in [5.74, 6) is -0.00550. The molecule has 1 amide bonds. The molecule has 0 aliphatic rings. The Kier molecular flexibility index (Phi) is 6.71. The van der Waals surface area contributed by atoms with E-state index in [0.717, 1.165) is 34.1 Å². The van der Waals surface area contributed by atoms with Crippen LogP contribution < -0.4 is 10.9 Å². The van der Waals surface area contributed by atoms with Crippen LogP contribution in [0.15, 0.2) is 47.3 Å². The van der Waals surface area contributed by atoms with E-state index in [2.05, 4.69) is 27.5 Å². The van der Waals surface area contributed by atoms with E-state index in [0.29, 0.717) is 19.5 Å². The highest BCUT2D eigenvalue weighted by Gasteiger charge is 2.11. The van der Waals surface area contributed by atoms with E-state index in [1.165, 1.54) is 16.3 Å². The molecule has 0 saturated carbocycles. The minimum atomic E-state index is -0.180. The maximum atomic E-state index is 12.1. The van der Waals surface area contributed by atoms with Crippen molar-refractivity contribution in [2.75, 3.05) is 6.54 Å². The summed E-state index contributed by atoms with van der Waals surface area (Å²) >= 11 is 1.56. The Labute approximate surface area is 168 Å². The molecule has 2 heterocycles. The van der Waals surface area contributed by atoms with Crippen LogP contribution in [0.1, 0.15) is 29.1 Å². The van der Waals surface area contributed by atoms with Crippen molar-refractivity contribution < 1.29 is 4.79 Å². The maximum Gasteiger partial charge on any atom is 0.266 e. The summed E-state index contributed by atoms with van der Waals surface area (Å²) in [5.41, 5.74) is 2.70. The number of aryl methyl sites for hydroxylation is 3. The van der Waals surface area contributed by atoms with Crippen molar-refractivity contribution in [2.24, 2.45) is 0 Å². The number of nitrogens with zero attached hydrogens (tertiary/aromatic N) is 3. The minimum absolute atomic E-state index is 0.00550. The van der Waals surface area contributed by atoms with Gasteiger partial charge in [-0.1, -0.05) is 30.3 Å². The van der Waals surface area contributed by atoms with E-state index >= 15 is 0 Å². The topological polar surface area (TPSA) is 76.9 Å². The van der Waals surface area contributed by atoms with E-state index in [-0.39, 0.29) is 11.5 Å². The number of nitrogens with one attached hydrogen (secondary N) is 1. The number of hydrogen-bond donors (Lipinski definition) is 1. The Morgan fingerprint density at radius 3 is 2.64 bits per heavy atom. The van der Waals surface area contributed by atoms with Gasteiger partial charge >= 0.3 is 0 Å². The molecule has 6 nitrogen and oxygen atoms in total. The Balaban J connectivity index is 1.50. The number of aromatic nitrogens is 3. The van der Waals surface area contributed by atoms with Crippen LogP contribution in [0.5, 0.6) is 0 Å². The number of rotatable bonds is 8. The predicted molar refractivity (Wildman–Crippen MR) is 111 cm³/mol. The van der Waals surface area contributed by atoms with Crippen LogP contribution >= 0.6 is 11.3 Å². The summed E-state index contributed by atoms with van der Waals surface area (Å²) in [6.07, 6.45) is 2.15. The maximum absolute atomic E-state index is 12.1. The zero-order chi connectivity index (χ0) is 19.9. The Hall–Kier alpha value is -2.80. The molecule has 146 valence electrons. The van der Waals surface area contributed by atoms with Gasteiger partial charge in [0.05, 0.1) is 22.1 Å². The lowest BCUT2D eigenvalue weighted by Crippen LogP contribution is -2.31. The van der Waals surface area contributed by atoms with Crippen molar-refractivity contribution in [1.82, 2.24) is 20.1 Å². The Morgan fingerprint density at radius 2 is 1.93 bits per heavy atom. The van der Waals surface area contributed by atoms with Gasteiger partial charge in [-0.05, 0) is 38.3 Å². The molecule has 3 aromatic rings. The molecule has 0 saturated heterocycles. The predicted octanol–water partition coefficient (Wildman–Crippen LogP) is 3.12. The van der Waals surface area contributed by atoms with E-state index in [9.17, 15) is 9.59 Å². The van der Waals surface area contributed by atoms with Gasteiger partial charge < -0.3 is 5.32 Å². The first kappa shape index (κ1) is 19.9. The Bertz CT molecular complexity index is 995. The molecule has 0 fully saturated rings. The zero-order valence-electron chi connectivity index (χ0n) is 16.1. The van der Waals surface area contributed by atoms with Crippen molar-refractivity contribution in [3.05, 3.63) is 69.1 Å². The molecule has 1 N–H and O–H groups in total. The molecule has 0 aliphatic carbocycles. The van der Waals surface area contributed by atoms with Gasteiger partial charge in [-0.2, -0.15) is 5.10 Å². The van der Waals surface area contributed by atoms with E-state index < -0.39 is 0 Å². The van der Waals surface area contributed by atoms with Gasteiger partial charge in [-0.25, -0.2) is 9.67 Å². The normalized spacial score (nSPS) is 10.8. The van der Waals surface area contributed by atoms with Crippen LogP contribution in [-0.4, -0.2) is 27.2 Å². The van der Waals surface area contributed by atoms with Crippen molar-refractivity contribution >= 4 is 17.2 Å². The van der Waals surface area contributed by atoms with Crippen LogP contribution in [0.25, 0.3) is 10.6 Å². The first-order valence-corrected chi connectivity index (χ1v) is 10.2. The smallest absolute Gasteiger partial charge is 0.266 e. The largest absolute Gasteiger partial charge is 0.354 e. The fourth-order valence-electron chi connectivity index (χ4n) is 2.99. The van der Waals surface area contributed by atoms with Crippen molar-refractivity contribution in [2.45, 2.75) is 39.7 Å². The lowest BCUT2D eigenvalue weighted by molar-refractivity contribution is -0.121. The van der Waals surface area contributed by atoms with Gasteiger partial charge in [0.25, 0.3) is 5.56 Å². The molecule has 3 rings (SSSR count). The summed E-state index contributed by atoms with van der Waals surface area (Å²) < 4.78 is 1.40. The summed E-state index contributed by atoms with van der Waals surface area (Å²) in [6.45, 7) is 4.60. The molecule has 1 aromatic carbocycles. The highest BCUT2D eigenvalue weighted by atomic mass is 32.1. The molecule has 0 atom stereocenters. The standard InChI is InChI=1S/C21H24N4O2S/c1-15-21(28-16(2)23-15)18-11-12-20(27)25(24-18)14-13-22-19(26)10-6-9-17-7-4-3-5-8-17/h3-5,7-8,11-12H,6,9-10,13-14H2,1-2H3,(H,22,26). The second kappa shape index (κ2) is 9.41. The third-order valence-electron chi connectivity index (χ3n) is 4.36. The zero-order valence-corrected chi connectivity index (χ0v) is 17.0. The summed E-state index contributed by atoms with van der Waals surface area (Å²) in [6, 6.07) is 13.4. The number of benzene rings is 1. The number of carbonyl (C=O) groups excluding carboxylic acids is 1. The van der Waals surface area contributed by atoms with Crippen LogP contribution in [-0.2, 0) is 17.8 Å². The first-order valence-electron chi connectivity index (χ1n) is 9.36. The summed E-state index contributed by atoms with van der Waals surface area (Å²) in [7, 11) is 0. The number of amides is 1. The third-order valence-corrected chi connectivity index (χ3v) is 5.46. The van der Waals surface area contributed by atoms with Gasteiger partial charge in [0.1, 0.15) is 5.69 Å². The van der Waals surface area contributed by atoms with Crippen molar-refractivity contribution in [3.8, 4) is 10.6 Å². The fourth-order valence-corrected chi connectivity index (χ4v) is 3.87. The van der Waals surface area contributed by atoms with Crippen LogP contribution in [0.2, 0.25) is 0 Å². The van der Waals surface area contributed by atoms with Gasteiger partial charge in [0, 0.05) is 19.0 Å². The van der Waals surface area contributed by atoms with Crippen molar-refractivity contribution in [3.63, 3.8) is 0 Å². The van der Waals surface area contributed by atoms with Gasteiger partial charge in [0.2, 0.25) is 5.91 Å². The quantitative estimate of drug-likeness (QED) is 0.635. The number of hydrogen-bond acceptors (Lipinski definition) is 5. The molecule has 0 aliphatic heterocycles. The van der Waals surface area contributed by atoms with Crippen LogP contribution in [0.4, 0.5) is 0 Å². The Morgan fingerprint density at radius 1 is 1.14 bits per heavy atom. The highest BCUT2D eigenvalue weighted by Crippen LogP contribution is 2.27. The molecule has 0 bridgehead atoms. The molecule has 7 heteroatoms. The summed E-state index contributed by atoms with van der Waals surface area (Å²) in [5, 5.41) is 8.28. The molecular formula is C21H24N4O2S. The van der Waals surface area contributed by atoms with Gasteiger partial charge in [0.15, 0.2) is 0 Å². The van der Waals surface area contributed by atoms with E-state index in [4.69, 9.17) is 0 Å². The minimum Gasteiger partial charge on any atom is -0.354 e. The lowest BCUT2D eigenvalue weighted by Gasteiger charge is -2.08. The molecule has 0 unspecified atom stereocenters. The first-order chi connectivity index (χ1) is 13.5. The molecule has 28 heavy (non-hydrogen) atoms. The highest BCUT2D eigenvalue weighted by molar-refractivity contribution is 7.15. The average molecular weight is 397 g/mol. The third kappa shape index (κ3) is 5.36. The molecular weight excluding hydrogens is 372 g/mol. The SMILES string of the molecule is Cc1nc(C)c(-c2ccc(=O)n(CCNC(=O)CCCc3ccccc3)n2)s1. The molecule has 0 radical (unpaired) electrons. The van der Waals surface area contributed by atoms with Gasteiger partial charge in [-0.15, -0.1) is 11.3 Å².